The third-order valence-electron chi connectivity index (χ3n) is 7.43. The van der Waals surface area contributed by atoms with Crippen molar-refractivity contribution in [2.24, 2.45) is 0 Å². The van der Waals surface area contributed by atoms with Gasteiger partial charge in [-0.25, -0.2) is 14.8 Å². The molecule has 11 heteroatoms. The molecule has 202 valence electrons. The maximum Gasteiger partial charge on any atom is 0.413 e. The number of anilines is 1. The number of hydrogen-bond acceptors (Lipinski definition) is 7. The largest absolute Gasteiger partial charge is 0.437 e. The van der Waals surface area contributed by atoms with Gasteiger partial charge in [-0.15, -0.1) is 0 Å². The van der Waals surface area contributed by atoms with Gasteiger partial charge in [0.2, 0.25) is 5.91 Å². The number of piperidine rings is 1. The summed E-state index contributed by atoms with van der Waals surface area (Å²) in [6.07, 6.45) is 8.05. The van der Waals surface area contributed by atoms with Crippen molar-refractivity contribution in [1.29, 1.82) is 0 Å². The Morgan fingerprint density at radius 3 is 2.77 bits per heavy atom. The van der Waals surface area contributed by atoms with Crippen LogP contribution in [0.4, 0.5) is 10.6 Å². The van der Waals surface area contributed by atoms with Gasteiger partial charge in [-0.2, -0.15) is 0 Å². The number of dihydropyridines is 1. The molecular formula is C28H30ClN7O3. The summed E-state index contributed by atoms with van der Waals surface area (Å²) in [6.45, 7) is 5.81. The summed E-state index contributed by atoms with van der Waals surface area (Å²) in [5, 5.41) is 10.8. The number of likely N-dealkylation sites (tertiary alicyclic amines) is 1. The smallest absolute Gasteiger partial charge is 0.413 e. The Kier molecular flexibility index (Phi) is 6.42. The molecular weight excluding hydrogens is 518 g/mol. The van der Waals surface area contributed by atoms with Crippen molar-refractivity contribution in [2.45, 2.75) is 44.9 Å². The number of alkyl carbamates (subject to hydrolysis) is 1. The number of ether oxygens (including phenoxy) is 1. The van der Waals surface area contributed by atoms with Crippen LogP contribution in [0.5, 0.6) is 0 Å². The van der Waals surface area contributed by atoms with Gasteiger partial charge in [0.15, 0.2) is 0 Å². The van der Waals surface area contributed by atoms with E-state index in [0.29, 0.717) is 54.8 Å². The predicted octanol–water partition coefficient (Wildman–Crippen LogP) is 4.04. The minimum absolute atomic E-state index is 0.0313. The summed E-state index contributed by atoms with van der Waals surface area (Å²) in [7, 11) is 0. The Bertz CT molecular complexity index is 1520. The molecule has 3 aliphatic heterocycles. The standard InChI is InChI=1S/C28H30ClN7O3/c1-17(2)33-25-23-19(18-6-3-4-8-21(18)29)14-36(26(23)32-16-31-25)15-22(37)35-12-9-28(10-13-35)20-7-5-11-30-24(20)34-27(38)39-28/h3-8,14,16-17,30H,9-13,15H2,1-2H3,(H,34,38)(H,31,32,33). The van der Waals surface area contributed by atoms with Gasteiger partial charge in [-0.1, -0.05) is 42.0 Å². The Hall–Kier alpha value is -4.05. The van der Waals surface area contributed by atoms with Crippen LogP contribution in [0.3, 0.4) is 0 Å². The number of fused-ring (bicyclic) bond motifs is 2. The van der Waals surface area contributed by atoms with Gasteiger partial charge in [0.25, 0.3) is 0 Å². The van der Waals surface area contributed by atoms with Gasteiger partial charge in [0, 0.05) is 66.4 Å². The molecule has 6 rings (SSSR count). The summed E-state index contributed by atoms with van der Waals surface area (Å²) in [5.41, 5.74) is 2.57. The molecule has 39 heavy (non-hydrogen) atoms. The van der Waals surface area contributed by atoms with E-state index in [9.17, 15) is 9.59 Å². The molecule has 0 saturated carbocycles. The second-order valence-corrected chi connectivity index (χ2v) is 10.7. The summed E-state index contributed by atoms with van der Waals surface area (Å²) >= 11 is 6.58. The van der Waals surface area contributed by atoms with Crippen LogP contribution in [-0.4, -0.2) is 62.7 Å². The molecule has 1 aromatic carbocycles. The third-order valence-corrected chi connectivity index (χ3v) is 7.76. The van der Waals surface area contributed by atoms with E-state index in [1.165, 1.54) is 6.33 Å². The first-order chi connectivity index (χ1) is 18.8. The minimum atomic E-state index is -0.736. The van der Waals surface area contributed by atoms with Crippen molar-refractivity contribution in [3.8, 4) is 11.1 Å². The third kappa shape index (κ3) is 4.58. The van der Waals surface area contributed by atoms with Crippen molar-refractivity contribution in [3.05, 3.63) is 65.4 Å². The average molecular weight is 548 g/mol. The number of carbonyl (C=O) groups excluding carboxylic acids is 2. The van der Waals surface area contributed by atoms with Gasteiger partial charge in [-0.05, 0) is 19.9 Å². The zero-order chi connectivity index (χ0) is 27.1. The Labute approximate surface area is 231 Å². The number of nitrogens with one attached hydrogen (secondary N) is 3. The van der Waals surface area contributed by atoms with Crippen molar-refractivity contribution < 1.29 is 14.3 Å². The Morgan fingerprint density at radius 2 is 2.00 bits per heavy atom. The summed E-state index contributed by atoms with van der Waals surface area (Å²) < 4.78 is 7.69. The normalized spacial score (nSPS) is 18.2. The summed E-state index contributed by atoms with van der Waals surface area (Å²) in [4.78, 5) is 36.7. The predicted molar refractivity (Wildman–Crippen MR) is 149 cm³/mol. The van der Waals surface area contributed by atoms with E-state index < -0.39 is 11.7 Å². The molecule has 3 aliphatic rings. The number of aromatic nitrogens is 3. The molecule has 3 aromatic rings. The van der Waals surface area contributed by atoms with Crippen LogP contribution < -0.4 is 16.0 Å². The molecule has 1 saturated heterocycles. The van der Waals surface area contributed by atoms with Crippen LogP contribution in [0.1, 0.15) is 26.7 Å². The number of nitrogens with zero attached hydrogens (tertiary/aromatic N) is 4. The lowest BCUT2D eigenvalue weighted by Gasteiger charge is -2.45. The molecule has 5 heterocycles. The van der Waals surface area contributed by atoms with Gasteiger partial charge in [0.1, 0.15) is 35.8 Å². The fourth-order valence-corrected chi connectivity index (χ4v) is 5.85. The molecule has 10 nitrogen and oxygen atoms in total. The van der Waals surface area contributed by atoms with Crippen molar-refractivity contribution in [3.63, 3.8) is 0 Å². The molecule has 1 fully saturated rings. The molecule has 0 bridgehead atoms. The Balaban J connectivity index is 1.28. The average Bonchev–Trinajstić information content (AvgIpc) is 3.28. The minimum Gasteiger partial charge on any atom is -0.437 e. The molecule has 0 radical (unpaired) electrons. The number of rotatable bonds is 5. The molecule has 2 aromatic heterocycles. The quantitative estimate of drug-likeness (QED) is 0.442. The van der Waals surface area contributed by atoms with Gasteiger partial charge in [0.05, 0.1) is 5.39 Å². The van der Waals surface area contributed by atoms with E-state index in [1.54, 1.807) is 0 Å². The molecule has 1 spiro atoms. The van der Waals surface area contributed by atoms with Crippen LogP contribution in [0.15, 0.2) is 60.3 Å². The van der Waals surface area contributed by atoms with E-state index >= 15 is 0 Å². The lowest BCUT2D eigenvalue weighted by molar-refractivity contribution is -0.135. The van der Waals surface area contributed by atoms with E-state index in [4.69, 9.17) is 16.3 Å². The fourth-order valence-electron chi connectivity index (χ4n) is 5.61. The number of hydrogen-bond donors (Lipinski definition) is 3. The highest BCUT2D eigenvalue weighted by atomic mass is 35.5. The van der Waals surface area contributed by atoms with Gasteiger partial charge >= 0.3 is 6.09 Å². The highest BCUT2D eigenvalue weighted by Crippen LogP contribution is 2.40. The summed E-state index contributed by atoms with van der Waals surface area (Å²) in [6, 6.07) is 7.78. The number of amides is 2. The number of benzene rings is 1. The lowest BCUT2D eigenvalue weighted by Crippen LogP contribution is -2.56. The molecule has 3 N–H and O–H groups in total. The zero-order valence-electron chi connectivity index (χ0n) is 21.8. The van der Waals surface area contributed by atoms with Crippen LogP contribution >= 0.6 is 11.6 Å². The topological polar surface area (TPSA) is 113 Å². The van der Waals surface area contributed by atoms with Crippen molar-refractivity contribution in [1.82, 2.24) is 30.1 Å². The maximum atomic E-state index is 13.6. The van der Waals surface area contributed by atoms with Crippen LogP contribution in [-0.2, 0) is 16.1 Å². The Morgan fingerprint density at radius 1 is 1.21 bits per heavy atom. The molecule has 0 atom stereocenters. The SMILES string of the molecule is CC(C)Nc1ncnc2c1c(-c1ccccc1Cl)cn2CC(=O)N1CCC2(CC1)OC(=O)NC1=C2C=CCN1. The van der Waals surface area contributed by atoms with Crippen LogP contribution in [0, 0.1) is 0 Å². The van der Waals surface area contributed by atoms with Crippen molar-refractivity contribution >= 4 is 40.5 Å². The van der Waals surface area contributed by atoms with E-state index in [1.807, 2.05) is 65.9 Å². The van der Waals surface area contributed by atoms with Crippen molar-refractivity contribution in [2.75, 3.05) is 25.0 Å². The monoisotopic (exact) mass is 547 g/mol. The first kappa shape index (κ1) is 25.2. The fraction of sp³-hybridized carbons (Fsp3) is 0.357. The molecule has 2 amide bonds. The highest BCUT2D eigenvalue weighted by molar-refractivity contribution is 6.33. The molecule has 0 unspecified atom stereocenters. The number of carbonyl (C=O) groups is 2. The summed E-state index contributed by atoms with van der Waals surface area (Å²) in [5.74, 6) is 1.36. The second-order valence-electron chi connectivity index (χ2n) is 10.3. The van der Waals surface area contributed by atoms with E-state index in [-0.39, 0.29) is 18.5 Å². The van der Waals surface area contributed by atoms with Gasteiger partial charge < -0.3 is 24.8 Å². The van der Waals surface area contributed by atoms with Gasteiger partial charge in [-0.3, -0.25) is 10.1 Å². The molecule has 0 aliphatic carbocycles. The number of halogens is 1. The lowest BCUT2D eigenvalue weighted by atomic mass is 9.82. The maximum absolute atomic E-state index is 13.6. The van der Waals surface area contributed by atoms with Crippen LogP contribution in [0.25, 0.3) is 22.2 Å². The first-order valence-corrected chi connectivity index (χ1v) is 13.5. The zero-order valence-corrected chi connectivity index (χ0v) is 22.6. The van der Waals surface area contributed by atoms with E-state index in [2.05, 4.69) is 25.9 Å². The second kappa shape index (κ2) is 9.92. The van der Waals surface area contributed by atoms with Crippen LogP contribution in [0.2, 0.25) is 5.02 Å². The highest BCUT2D eigenvalue weighted by Gasteiger charge is 2.46. The van der Waals surface area contributed by atoms with E-state index in [0.717, 1.165) is 22.1 Å². The first-order valence-electron chi connectivity index (χ1n) is 13.1.